The van der Waals surface area contributed by atoms with Crippen LogP contribution in [0.5, 0.6) is 0 Å². The first-order valence-electron chi connectivity index (χ1n) is 7.23. The molecule has 0 aliphatic carbocycles. The molecule has 8 nitrogen and oxygen atoms in total. The first kappa shape index (κ1) is 16.3. The van der Waals surface area contributed by atoms with Gasteiger partial charge in [-0.3, -0.25) is 9.67 Å². The molecular weight excluding hydrogens is 330 g/mol. The molecule has 0 unspecified atom stereocenters. The largest absolute Gasteiger partial charge is 0.360 e. The highest BCUT2D eigenvalue weighted by molar-refractivity contribution is 7.89. The molecule has 24 heavy (non-hydrogen) atoms. The minimum Gasteiger partial charge on any atom is -0.360 e. The van der Waals surface area contributed by atoms with Gasteiger partial charge >= 0.3 is 0 Å². The Labute approximate surface area is 139 Å². The van der Waals surface area contributed by atoms with Gasteiger partial charge in [-0.1, -0.05) is 11.2 Å². The highest BCUT2D eigenvalue weighted by Crippen LogP contribution is 2.19. The summed E-state index contributed by atoms with van der Waals surface area (Å²) in [6, 6.07) is 3.65. The zero-order valence-corrected chi connectivity index (χ0v) is 14.3. The lowest BCUT2D eigenvalue weighted by atomic mass is 10.2. The van der Waals surface area contributed by atoms with Gasteiger partial charge in [-0.2, -0.15) is 5.10 Å². The van der Waals surface area contributed by atoms with E-state index in [2.05, 4.69) is 20.0 Å². The summed E-state index contributed by atoms with van der Waals surface area (Å²) in [6.07, 6.45) is 5.22. The second kappa shape index (κ2) is 6.17. The average molecular weight is 347 g/mol. The quantitative estimate of drug-likeness (QED) is 0.751. The van der Waals surface area contributed by atoms with Crippen molar-refractivity contribution in [2.24, 2.45) is 7.05 Å². The van der Waals surface area contributed by atoms with Crippen LogP contribution in [0.4, 0.5) is 0 Å². The van der Waals surface area contributed by atoms with Gasteiger partial charge in [-0.05, 0) is 25.5 Å². The number of hydrogen-bond acceptors (Lipinski definition) is 6. The fraction of sp³-hybridized carbons (Fsp3) is 0.267. The van der Waals surface area contributed by atoms with E-state index in [0.29, 0.717) is 5.69 Å². The lowest BCUT2D eigenvalue weighted by molar-refractivity contribution is 0.390. The summed E-state index contributed by atoms with van der Waals surface area (Å²) in [6.45, 7) is 3.29. The molecule has 0 saturated carbocycles. The van der Waals surface area contributed by atoms with Crippen molar-refractivity contribution < 1.29 is 12.9 Å². The summed E-state index contributed by atoms with van der Waals surface area (Å²) in [5.41, 5.74) is 2.77. The van der Waals surface area contributed by atoms with Gasteiger partial charge in [0.25, 0.3) is 0 Å². The van der Waals surface area contributed by atoms with E-state index >= 15 is 0 Å². The monoisotopic (exact) mass is 347 g/mol. The van der Waals surface area contributed by atoms with Gasteiger partial charge in [-0.15, -0.1) is 0 Å². The maximum absolute atomic E-state index is 12.4. The van der Waals surface area contributed by atoms with Crippen LogP contribution in [0.1, 0.15) is 17.0 Å². The normalized spacial score (nSPS) is 11.8. The minimum atomic E-state index is -3.68. The number of hydrogen-bond donors (Lipinski definition) is 1. The van der Waals surface area contributed by atoms with Crippen molar-refractivity contribution in [2.75, 3.05) is 0 Å². The molecule has 0 saturated heterocycles. The van der Waals surface area contributed by atoms with Crippen LogP contribution in [-0.4, -0.2) is 28.3 Å². The van der Waals surface area contributed by atoms with E-state index < -0.39 is 10.0 Å². The lowest BCUT2D eigenvalue weighted by Crippen LogP contribution is -2.24. The van der Waals surface area contributed by atoms with Crippen molar-refractivity contribution >= 4 is 10.0 Å². The number of aryl methyl sites for hydroxylation is 3. The standard InChI is InChI=1S/C15H17N5O3S/c1-10-15(11(2)23-19-10)24(21,22)18-7-12-4-5-14(16-6-12)13-8-17-20(3)9-13/h4-6,8-9,18H,7H2,1-3H3. The summed E-state index contributed by atoms with van der Waals surface area (Å²) in [7, 11) is -1.85. The van der Waals surface area contributed by atoms with Crippen molar-refractivity contribution in [1.29, 1.82) is 0 Å². The smallest absolute Gasteiger partial charge is 0.246 e. The van der Waals surface area contributed by atoms with Crippen LogP contribution in [-0.2, 0) is 23.6 Å². The summed E-state index contributed by atoms with van der Waals surface area (Å²) in [5.74, 6) is 0.269. The number of sulfonamides is 1. The van der Waals surface area contributed by atoms with Crippen molar-refractivity contribution in [3.05, 3.63) is 47.7 Å². The Morgan fingerprint density at radius 2 is 2.04 bits per heavy atom. The molecule has 3 rings (SSSR count). The minimum absolute atomic E-state index is 0.0856. The van der Waals surface area contributed by atoms with Crippen LogP contribution in [0.3, 0.4) is 0 Å². The third kappa shape index (κ3) is 3.22. The van der Waals surface area contributed by atoms with Crippen molar-refractivity contribution in [2.45, 2.75) is 25.3 Å². The third-order valence-electron chi connectivity index (χ3n) is 3.53. The molecule has 0 amide bonds. The summed E-state index contributed by atoms with van der Waals surface area (Å²) in [5, 5.41) is 7.77. The van der Waals surface area contributed by atoms with Gasteiger partial charge in [0.15, 0.2) is 5.76 Å². The van der Waals surface area contributed by atoms with Crippen LogP contribution in [0.15, 0.2) is 40.1 Å². The zero-order chi connectivity index (χ0) is 17.3. The molecule has 1 N–H and O–H groups in total. The maximum Gasteiger partial charge on any atom is 0.246 e. The van der Waals surface area contributed by atoms with Crippen molar-refractivity contribution in [3.8, 4) is 11.3 Å². The summed E-state index contributed by atoms with van der Waals surface area (Å²) >= 11 is 0. The average Bonchev–Trinajstić information content (AvgIpc) is 3.12. The highest BCUT2D eigenvalue weighted by atomic mass is 32.2. The van der Waals surface area contributed by atoms with Crippen LogP contribution in [0.2, 0.25) is 0 Å². The second-order valence-electron chi connectivity index (χ2n) is 5.43. The molecule has 0 aliphatic heterocycles. The molecule has 3 heterocycles. The number of nitrogens with one attached hydrogen (secondary N) is 1. The predicted octanol–water partition coefficient (Wildman–Crippen LogP) is 1.57. The fourth-order valence-corrected chi connectivity index (χ4v) is 3.71. The first-order chi connectivity index (χ1) is 11.4. The van der Waals surface area contributed by atoms with Gasteiger partial charge in [0, 0.05) is 31.5 Å². The lowest BCUT2D eigenvalue weighted by Gasteiger charge is -2.06. The first-order valence-corrected chi connectivity index (χ1v) is 8.71. The Morgan fingerprint density at radius 1 is 1.25 bits per heavy atom. The van der Waals surface area contributed by atoms with Crippen LogP contribution < -0.4 is 4.72 Å². The Bertz CT molecular complexity index is 938. The molecule has 0 fully saturated rings. The SMILES string of the molecule is Cc1noc(C)c1S(=O)(=O)NCc1ccc(-c2cnn(C)c2)nc1. The van der Waals surface area contributed by atoms with Crippen LogP contribution >= 0.6 is 0 Å². The topological polar surface area (TPSA) is 103 Å². The van der Waals surface area contributed by atoms with Gasteiger partial charge in [0.05, 0.1) is 11.9 Å². The molecule has 0 bridgehead atoms. The molecule has 0 radical (unpaired) electrons. The van der Waals surface area contributed by atoms with Crippen molar-refractivity contribution in [3.63, 3.8) is 0 Å². The van der Waals surface area contributed by atoms with E-state index in [4.69, 9.17) is 4.52 Å². The van der Waals surface area contributed by atoms with E-state index in [9.17, 15) is 8.42 Å². The fourth-order valence-electron chi connectivity index (χ4n) is 2.36. The van der Waals surface area contributed by atoms with E-state index in [1.807, 2.05) is 25.4 Å². The number of nitrogens with zero attached hydrogens (tertiary/aromatic N) is 4. The number of pyridine rings is 1. The molecule has 3 aromatic rings. The summed E-state index contributed by atoms with van der Waals surface area (Å²) < 4.78 is 33.9. The van der Waals surface area contributed by atoms with Crippen LogP contribution in [0.25, 0.3) is 11.3 Å². The molecule has 126 valence electrons. The summed E-state index contributed by atoms with van der Waals surface area (Å²) in [4.78, 5) is 4.43. The molecule has 3 aromatic heterocycles. The molecular formula is C15H17N5O3S. The molecule has 0 atom stereocenters. The molecule has 0 aromatic carbocycles. The Morgan fingerprint density at radius 3 is 2.58 bits per heavy atom. The second-order valence-corrected chi connectivity index (χ2v) is 7.14. The molecule has 9 heteroatoms. The Hall–Kier alpha value is -2.52. The number of rotatable bonds is 5. The third-order valence-corrected chi connectivity index (χ3v) is 5.17. The Balaban J connectivity index is 1.73. The Kier molecular flexibility index (Phi) is 4.20. The maximum atomic E-state index is 12.4. The van der Waals surface area contributed by atoms with E-state index in [0.717, 1.165) is 16.8 Å². The van der Waals surface area contributed by atoms with Crippen molar-refractivity contribution in [1.82, 2.24) is 24.6 Å². The van der Waals surface area contributed by atoms with Gasteiger partial charge in [0.2, 0.25) is 10.0 Å². The zero-order valence-electron chi connectivity index (χ0n) is 13.5. The predicted molar refractivity (Wildman–Crippen MR) is 86.4 cm³/mol. The van der Waals surface area contributed by atoms with Gasteiger partial charge in [-0.25, -0.2) is 13.1 Å². The molecule has 0 aliphatic rings. The van der Waals surface area contributed by atoms with E-state index in [1.54, 1.807) is 30.9 Å². The number of aromatic nitrogens is 4. The van der Waals surface area contributed by atoms with Gasteiger partial charge < -0.3 is 4.52 Å². The highest BCUT2D eigenvalue weighted by Gasteiger charge is 2.23. The molecule has 0 spiro atoms. The van der Waals surface area contributed by atoms with E-state index in [-0.39, 0.29) is 17.2 Å². The van der Waals surface area contributed by atoms with Crippen LogP contribution in [0, 0.1) is 13.8 Å². The van der Waals surface area contributed by atoms with E-state index in [1.165, 1.54) is 0 Å². The van der Waals surface area contributed by atoms with Gasteiger partial charge in [0.1, 0.15) is 10.6 Å².